The molecule has 0 saturated carbocycles. The molecule has 0 atom stereocenters. The van der Waals surface area contributed by atoms with Crippen LogP contribution in [0.4, 0.5) is 0 Å². The van der Waals surface area contributed by atoms with Gasteiger partial charge in [0.25, 0.3) is 0 Å². The van der Waals surface area contributed by atoms with Crippen LogP contribution < -0.4 is 0 Å². The number of carbonyl (C=O) groups excluding carboxylic acids is 2. The molecule has 74 valence electrons. The van der Waals surface area contributed by atoms with Crippen LogP contribution in [0.5, 0.6) is 0 Å². The van der Waals surface area contributed by atoms with Gasteiger partial charge in [-0.1, -0.05) is 18.2 Å². The molecule has 0 unspecified atom stereocenters. The lowest BCUT2D eigenvalue weighted by molar-refractivity contribution is 0.101. The molecule has 1 heterocycles. The molecule has 0 N–H and O–H groups in total. The highest BCUT2D eigenvalue weighted by Crippen LogP contribution is 2.11. The summed E-state index contributed by atoms with van der Waals surface area (Å²) in [5.74, 6) is 0.0572. The molecule has 15 heavy (non-hydrogen) atoms. The molecule has 0 radical (unpaired) electrons. The third kappa shape index (κ3) is 1.86. The fourth-order valence-electron chi connectivity index (χ4n) is 1.30. The smallest absolute Gasteiger partial charge is 0.228 e. The molecule has 0 spiro atoms. The molecule has 0 aliphatic heterocycles. The van der Waals surface area contributed by atoms with Gasteiger partial charge in [-0.3, -0.25) is 9.59 Å². The number of hydrogen-bond donors (Lipinski definition) is 0. The van der Waals surface area contributed by atoms with Crippen molar-refractivity contribution in [2.24, 2.45) is 0 Å². The minimum atomic E-state index is -0.219. The van der Waals surface area contributed by atoms with Crippen LogP contribution in [0.15, 0.2) is 47.1 Å². The van der Waals surface area contributed by atoms with Crippen molar-refractivity contribution in [1.29, 1.82) is 0 Å². The number of furan rings is 1. The summed E-state index contributed by atoms with van der Waals surface area (Å²) in [5.41, 5.74) is 0.932. The standard InChI is InChI=1S/C12H8O3/c13-8-9-3-1-4-10(7-9)12(14)11-5-2-6-15-11/h1-8H. The second kappa shape index (κ2) is 3.92. The third-order valence-electron chi connectivity index (χ3n) is 2.03. The minimum Gasteiger partial charge on any atom is -0.461 e. The summed E-state index contributed by atoms with van der Waals surface area (Å²) in [6.45, 7) is 0. The molecule has 0 fully saturated rings. The first kappa shape index (κ1) is 9.40. The minimum absolute atomic E-state index is 0.219. The number of hydrogen-bond acceptors (Lipinski definition) is 3. The maximum Gasteiger partial charge on any atom is 0.228 e. The van der Waals surface area contributed by atoms with Crippen LogP contribution in [0.2, 0.25) is 0 Å². The van der Waals surface area contributed by atoms with Gasteiger partial charge in [0, 0.05) is 11.1 Å². The van der Waals surface area contributed by atoms with Crippen molar-refractivity contribution in [3.05, 3.63) is 59.5 Å². The molecule has 0 aliphatic carbocycles. The average Bonchev–Trinajstić information content (AvgIpc) is 2.81. The Bertz CT molecular complexity index is 483. The van der Waals surface area contributed by atoms with Gasteiger partial charge in [0.05, 0.1) is 6.26 Å². The molecular formula is C12H8O3. The Balaban J connectivity index is 2.38. The summed E-state index contributed by atoms with van der Waals surface area (Å²) in [5, 5.41) is 0. The van der Waals surface area contributed by atoms with Gasteiger partial charge in [-0.2, -0.15) is 0 Å². The number of aldehydes is 1. The molecule has 1 aromatic carbocycles. The van der Waals surface area contributed by atoms with Gasteiger partial charge in [0.1, 0.15) is 6.29 Å². The summed E-state index contributed by atoms with van der Waals surface area (Å²) < 4.78 is 4.99. The predicted octanol–water partition coefficient (Wildman–Crippen LogP) is 2.32. The summed E-state index contributed by atoms with van der Waals surface area (Å²) >= 11 is 0. The van der Waals surface area contributed by atoms with Crippen molar-refractivity contribution >= 4 is 12.1 Å². The molecule has 3 heteroatoms. The van der Waals surface area contributed by atoms with E-state index in [2.05, 4.69) is 0 Å². The van der Waals surface area contributed by atoms with Gasteiger partial charge in [-0.05, 0) is 18.2 Å². The van der Waals surface area contributed by atoms with Gasteiger partial charge < -0.3 is 4.42 Å². The van der Waals surface area contributed by atoms with Crippen LogP contribution in [0.3, 0.4) is 0 Å². The molecule has 0 amide bonds. The summed E-state index contributed by atoms with van der Waals surface area (Å²) in [6.07, 6.45) is 2.15. The largest absolute Gasteiger partial charge is 0.461 e. The molecule has 2 aromatic rings. The Labute approximate surface area is 86.3 Å². The predicted molar refractivity (Wildman–Crippen MR) is 54.0 cm³/mol. The van der Waals surface area contributed by atoms with E-state index in [-0.39, 0.29) is 11.5 Å². The van der Waals surface area contributed by atoms with Gasteiger partial charge >= 0.3 is 0 Å². The molecule has 2 rings (SSSR count). The van der Waals surface area contributed by atoms with Crippen molar-refractivity contribution in [1.82, 2.24) is 0 Å². The number of carbonyl (C=O) groups is 2. The second-order valence-electron chi connectivity index (χ2n) is 3.05. The SMILES string of the molecule is O=Cc1cccc(C(=O)c2ccco2)c1. The van der Waals surface area contributed by atoms with Gasteiger partial charge in [0.15, 0.2) is 5.76 Å². The topological polar surface area (TPSA) is 47.3 Å². The van der Waals surface area contributed by atoms with E-state index in [9.17, 15) is 9.59 Å². The lowest BCUT2D eigenvalue weighted by Crippen LogP contribution is -1.99. The van der Waals surface area contributed by atoms with Crippen LogP contribution in [-0.2, 0) is 0 Å². The Morgan fingerprint density at radius 2 is 2.07 bits per heavy atom. The zero-order chi connectivity index (χ0) is 10.7. The lowest BCUT2D eigenvalue weighted by atomic mass is 10.1. The van der Waals surface area contributed by atoms with Crippen molar-refractivity contribution in [2.45, 2.75) is 0 Å². The highest BCUT2D eigenvalue weighted by molar-refractivity contribution is 6.07. The quantitative estimate of drug-likeness (QED) is 0.564. The molecule has 0 aliphatic rings. The Morgan fingerprint density at radius 3 is 2.73 bits per heavy atom. The van der Waals surface area contributed by atoms with E-state index < -0.39 is 0 Å². The van der Waals surface area contributed by atoms with Crippen molar-refractivity contribution in [3.8, 4) is 0 Å². The first-order chi connectivity index (χ1) is 7.31. The zero-order valence-corrected chi connectivity index (χ0v) is 7.84. The van der Waals surface area contributed by atoms with Crippen LogP contribution >= 0.6 is 0 Å². The fourth-order valence-corrected chi connectivity index (χ4v) is 1.30. The molecule has 3 nitrogen and oxygen atoms in total. The van der Waals surface area contributed by atoms with Crippen molar-refractivity contribution < 1.29 is 14.0 Å². The number of benzene rings is 1. The second-order valence-corrected chi connectivity index (χ2v) is 3.05. The average molecular weight is 200 g/mol. The summed E-state index contributed by atoms with van der Waals surface area (Å²) in [6, 6.07) is 9.74. The first-order valence-corrected chi connectivity index (χ1v) is 4.45. The lowest BCUT2D eigenvalue weighted by Gasteiger charge is -1.97. The number of ketones is 1. The van der Waals surface area contributed by atoms with E-state index in [0.29, 0.717) is 17.4 Å². The van der Waals surface area contributed by atoms with E-state index in [1.165, 1.54) is 12.3 Å². The summed E-state index contributed by atoms with van der Waals surface area (Å²) in [4.78, 5) is 22.3. The van der Waals surface area contributed by atoms with Crippen molar-refractivity contribution in [2.75, 3.05) is 0 Å². The van der Waals surface area contributed by atoms with E-state index >= 15 is 0 Å². The highest BCUT2D eigenvalue weighted by Gasteiger charge is 2.11. The van der Waals surface area contributed by atoms with Crippen molar-refractivity contribution in [3.63, 3.8) is 0 Å². The maximum absolute atomic E-state index is 11.8. The number of rotatable bonds is 3. The van der Waals surface area contributed by atoms with Crippen LogP contribution in [0.25, 0.3) is 0 Å². The normalized spacial score (nSPS) is 9.87. The Kier molecular flexibility index (Phi) is 2.46. The Morgan fingerprint density at radius 1 is 1.20 bits per heavy atom. The molecule has 0 saturated heterocycles. The van der Waals surface area contributed by atoms with E-state index in [0.717, 1.165) is 0 Å². The van der Waals surface area contributed by atoms with Crippen LogP contribution in [0, 0.1) is 0 Å². The highest BCUT2D eigenvalue weighted by atomic mass is 16.3. The molecular weight excluding hydrogens is 192 g/mol. The zero-order valence-electron chi connectivity index (χ0n) is 7.84. The maximum atomic E-state index is 11.8. The van der Waals surface area contributed by atoms with Crippen LogP contribution in [-0.4, -0.2) is 12.1 Å². The van der Waals surface area contributed by atoms with E-state index in [1.54, 1.807) is 30.3 Å². The first-order valence-electron chi connectivity index (χ1n) is 4.45. The van der Waals surface area contributed by atoms with Gasteiger partial charge in [-0.25, -0.2) is 0 Å². The third-order valence-corrected chi connectivity index (χ3v) is 2.03. The molecule has 0 bridgehead atoms. The Hall–Kier alpha value is -2.16. The molecule has 1 aromatic heterocycles. The monoisotopic (exact) mass is 200 g/mol. The van der Waals surface area contributed by atoms with Crippen LogP contribution in [0.1, 0.15) is 26.5 Å². The van der Waals surface area contributed by atoms with Gasteiger partial charge in [-0.15, -0.1) is 0 Å². The summed E-state index contributed by atoms with van der Waals surface area (Å²) in [7, 11) is 0. The van der Waals surface area contributed by atoms with E-state index in [1.807, 2.05) is 0 Å². The van der Waals surface area contributed by atoms with Gasteiger partial charge in [0.2, 0.25) is 5.78 Å². The van der Waals surface area contributed by atoms with E-state index in [4.69, 9.17) is 4.42 Å². The fraction of sp³-hybridized carbons (Fsp3) is 0.